The van der Waals surface area contributed by atoms with Gasteiger partial charge in [-0.2, -0.15) is 0 Å². The summed E-state index contributed by atoms with van der Waals surface area (Å²) in [5.41, 5.74) is 4.37. The van der Waals surface area contributed by atoms with Crippen LogP contribution in [0.2, 0.25) is 0 Å². The zero-order valence-corrected chi connectivity index (χ0v) is 16.6. The Labute approximate surface area is 159 Å². The van der Waals surface area contributed by atoms with Gasteiger partial charge in [-0.15, -0.1) is 0 Å². The monoisotopic (exact) mass is 358 g/mol. The second-order valence-corrected chi connectivity index (χ2v) is 8.27. The average molecular weight is 359 g/mol. The molecule has 2 saturated carbocycles. The number of unbranched alkanes of at least 4 members (excludes halogenated alkanes) is 2. The van der Waals surface area contributed by atoms with Gasteiger partial charge in [0.15, 0.2) is 5.11 Å². The fourth-order valence-corrected chi connectivity index (χ4v) is 4.83. The summed E-state index contributed by atoms with van der Waals surface area (Å²) in [5.74, 6) is 1.43. The summed E-state index contributed by atoms with van der Waals surface area (Å²) < 4.78 is 0. The molecule has 1 aromatic rings. The van der Waals surface area contributed by atoms with Gasteiger partial charge in [0.2, 0.25) is 0 Å². The lowest BCUT2D eigenvalue weighted by Gasteiger charge is -2.24. The second-order valence-electron chi connectivity index (χ2n) is 7.86. The predicted octanol–water partition coefficient (Wildman–Crippen LogP) is 6.48. The van der Waals surface area contributed by atoms with E-state index in [1.54, 1.807) is 0 Å². The maximum Gasteiger partial charge on any atom is 0.170 e. The van der Waals surface area contributed by atoms with Crippen molar-refractivity contribution in [2.45, 2.75) is 89.4 Å². The van der Waals surface area contributed by atoms with E-state index in [2.05, 4.69) is 35.8 Å². The Bertz CT molecular complexity index is 523. The highest BCUT2D eigenvalue weighted by Gasteiger charge is 2.26. The molecule has 0 amide bonds. The Kier molecular flexibility index (Phi) is 7.15. The van der Waals surface area contributed by atoms with Crippen molar-refractivity contribution in [2.75, 3.05) is 11.9 Å². The summed E-state index contributed by atoms with van der Waals surface area (Å²) in [5, 5.41) is 7.86. The number of nitrogens with one attached hydrogen (secondary N) is 2. The van der Waals surface area contributed by atoms with Gasteiger partial charge in [-0.25, -0.2) is 0 Å². The van der Waals surface area contributed by atoms with E-state index in [4.69, 9.17) is 12.2 Å². The number of benzene rings is 1. The Morgan fingerprint density at radius 3 is 2.04 bits per heavy atom. The average Bonchev–Trinajstić information content (AvgIpc) is 3.32. The third-order valence-electron chi connectivity index (χ3n) is 6.02. The molecule has 2 aliphatic carbocycles. The first-order valence-corrected chi connectivity index (χ1v) is 10.9. The predicted molar refractivity (Wildman–Crippen MR) is 113 cm³/mol. The van der Waals surface area contributed by atoms with Gasteiger partial charge in [-0.05, 0) is 67.3 Å². The maximum atomic E-state index is 5.63. The van der Waals surface area contributed by atoms with Crippen molar-refractivity contribution >= 4 is 23.0 Å². The molecule has 25 heavy (non-hydrogen) atoms. The van der Waals surface area contributed by atoms with E-state index < -0.39 is 0 Å². The number of anilines is 1. The van der Waals surface area contributed by atoms with Gasteiger partial charge in [0.25, 0.3) is 0 Å². The molecule has 2 N–H and O–H groups in total. The van der Waals surface area contributed by atoms with E-state index in [-0.39, 0.29) is 0 Å². The summed E-state index contributed by atoms with van der Waals surface area (Å²) in [6.45, 7) is 3.21. The molecule has 0 bridgehead atoms. The number of thiocarbonyl (C=S) groups is 1. The molecule has 3 rings (SSSR count). The fourth-order valence-electron chi connectivity index (χ4n) is 4.62. The van der Waals surface area contributed by atoms with Crippen LogP contribution in [-0.4, -0.2) is 11.7 Å². The highest BCUT2D eigenvalue weighted by atomic mass is 32.1. The molecule has 138 valence electrons. The van der Waals surface area contributed by atoms with Crippen molar-refractivity contribution in [1.82, 2.24) is 5.32 Å². The first kappa shape index (κ1) is 18.7. The molecule has 0 unspecified atom stereocenters. The van der Waals surface area contributed by atoms with E-state index >= 15 is 0 Å². The van der Waals surface area contributed by atoms with Crippen LogP contribution in [0, 0.1) is 0 Å². The highest BCUT2D eigenvalue weighted by molar-refractivity contribution is 7.80. The van der Waals surface area contributed by atoms with Gasteiger partial charge < -0.3 is 10.6 Å². The van der Waals surface area contributed by atoms with Crippen molar-refractivity contribution in [3.05, 3.63) is 29.3 Å². The number of para-hydroxylation sites is 1. The third-order valence-corrected chi connectivity index (χ3v) is 6.27. The van der Waals surface area contributed by atoms with Crippen molar-refractivity contribution in [3.63, 3.8) is 0 Å². The summed E-state index contributed by atoms with van der Waals surface area (Å²) >= 11 is 5.63. The minimum atomic E-state index is 0.715. The minimum Gasteiger partial charge on any atom is -0.362 e. The largest absolute Gasteiger partial charge is 0.362 e. The number of hydrogen-bond donors (Lipinski definition) is 2. The Balaban J connectivity index is 1.76. The fraction of sp³-hybridized carbons (Fsp3) is 0.682. The molecule has 0 aromatic heterocycles. The van der Waals surface area contributed by atoms with Gasteiger partial charge in [0.1, 0.15) is 0 Å². The van der Waals surface area contributed by atoms with Crippen LogP contribution < -0.4 is 10.6 Å². The van der Waals surface area contributed by atoms with Crippen LogP contribution in [-0.2, 0) is 0 Å². The first-order chi connectivity index (χ1) is 12.3. The summed E-state index contributed by atoms with van der Waals surface area (Å²) in [4.78, 5) is 0. The number of hydrogen-bond acceptors (Lipinski definition) is 1. The van der Waals surface area contributed by atoms with Crippen LogP contribution >= 0.6 is 12.2 Å². The molecule has 2 aliphatic rings. The SMILES string of the molecule is CCCCCNC(=S)Nc1c(C2CCCC2)cccc1C1CCCC1. The third kappa shape index (κ3) is 4.97. The topological polar surface area (TPSA) is 24.1 Å². The minimum absolute atomic E-state index is 0.715. The highest BCUT2D eigenvalue weighted by Crippen LogP contribution is 2.44. The second kappa shape index (κ2) is 9.56. The molecule has 2 fully saturated rings. The molecule has 0 radical (unpaired) electrons. The van der Waals surface area contributed by atoms with Crippen LogP contribution in [0.4, 0.5) is 5.69 Å². The summed E-state index contributed by atoms with van der Waals surface area (Å²) in [7, 11) is 0. The van der Waals surface area contributed by atoms with Crippen LogP contribution in [0.1, 0.15) is 101 Å². The molecule has 0 atom stereocenters. The van der Waals surface area contributed by atoms with Crippen molar-refractivity contribution < 1.29 is 0 Å². The smallest absolute Gasteiger partial charge is 0.170 e. The van der Waals surface area contributed by atoms with Crippen molar-refractivity contribution in [2.24, 2.45) is 0 Å². The van der Waals surface area contributed by atoms with Crippen LogP contribution in [0.15, 0.2) is 18.2 Å². The normalized spacial score (nSPS) is 18.6. The molecular weight excluding hydrogens is 324 g/mol. The maximum absolute atomic E-state index is 5.63. The van der Waals surface area contributed by atoms with E-state index in [0.717, 1.165) is 11.7 Å². The lowest BCUT2D eigenvalue weighted by molar-refractivity contribution is 0.695. The molecule has 2 nitrogen and oxygen atoms in total. The van der Waals surface area contributed by atoms with Gasteiger partial charge in [-0.3, -0.25) is 0 Å². The van der Waals surface area contributed by atoms with Crippen molar-refractivity contribution in [1.29, 1.82) is 0 Å². The first-order valence-electron chi connectivity index (χ1n) is 10.5. The van der Waals surface area contributed by atoms with Crippen LogP contribution in [0.25, 0.3) is 0 Å². The zero-order valence-electron chi connectivity index (χ0n) is 15.8. The Morgan fingerprint density at radius 2 is 1.52 bits per heavy atom. The Hall–Kier alpha value is -1.09. The lowest BCUT2D eigenvalue weighted by Crippen LogP contribution is -2.30. The van der Waals surface area contributed by atoms with Crippen molar-refractivity contribution in [3.8, 4) is 0 Å². The van der Waals surface area contributed by atoms with Gasteiger partial charge in [0.05, 0.1) is 0 Å². The van der Waals surface area contributed by atoms with Crippen LogP contribution in [0.3, 0.4) is 0 Å². The lowest BCUT2D eigenvalue weighted by atomic mass is 9.88. The van der Waals surface area contributed by atoms with E-state index in [9.17, 15) is 0 Å². The van der Waals surface area contributed by atoms with E-state index in [1.165, 1.54) is 87.4 Å². The number of rotatable bonds is 7. The van der Waals surface area contributed by atoms with Crippen LogP contribution in [0.5, 0.6) is 0 Å². The molecule has 3 heteroatoms. The molecular formula is C22H34N2S. The molecule has 0 saturated heterocycles. The molecule has 1 aromatic carbocycles. The quantitative estimate of drug-likeness (QED) is 0.431. The van der Waals surface area contributed by atoms with E-state index in [1.807, 2.05) is 0 Å². The van der Waals surface area contributed by atoms with Gasteiger partial charge in [-0.1, -0.05) is 63.6 Å². The molecule has 0 spiro atoms. The zero-order chi connectivity index (χ0) is 17.5. The summed E-state index contributed by atoms with van der Waals surface area (Å²) in [6, 6.07) is 6.97. The standard InChI is InChI=1S/C22H34N2S/c1-2-3-8-16-23-22(25)24-21-19(17-10-4-5-11-17)14-9-15-20(21)18-12-6-7-13-18/h9,14-15,17-18H,2-8,10-13,16H2,1H3,(H2,23,24,25). The molecule has 0 heterocycles. The van der Waals surface area contributed by atoms with E-state index in [0.29, 0.717) is 11.8 Å². The Morgan fingerprint density at radius 1 is 0.960 bits per heavy atom. The summed E-state index contributed by atoms with van der Waals surface area (Å²) in [6.07, 6.45) is 14.5. The van der Waals surface area contributed by atoms with Gasteiger partial charge in [0, 0.05) is 12.2 Å². The van der Waals surface area contributed by atoms with Gasteiger partial charge >= 0.3 is 0 Å². The molecule has 0 aliphatic heterocycles.